The fourth-order valence-corrected chi connectivity index (χ4v) is 3.64. The molecular weight excluding hydrogens is 334 g/mol. The topological polar surface area (TPSA) is 37.6 Å². The number of nitrogens with zero attached hydrogens (tertiary/aromatic N) is 3. The lowest BCUT2D eigenvalue weighted by Gasteiger charge is -2.21. The Morgan fingerprint density at radius 2 is 1.93 bits per heavy atom. The number of carbonyl (C=O) groups excluding carboxylic acids is 1. The molecule has 136 valence electrons. The van der Waals surface area contributed by atoms with Crippen molar-refractivity contribution in [2.24, 2.45) is 0 Å². The standard InChI is InChI=1S/C23H23N3O/c1-4-13-25(17(3)27)23-21(19-10-7-8-16(2)15-19)24-22-20-11-6-5-9-18(20)12-14-26(22)23/h5-12,14-15H,4,13H2,1-3H3. The number of rotatable bonds is 4. The van der Waals surface area contributed by atoms with Crippen LogP contribution in [0.3, 0.4) is 0 Å². The van der Waals surface area contributed by atoms with Gasteiger partial charge in [-0.05, 0) is 30.9 Å². The average molecular weight is 357 g/mol. The molecule has 1 amide bonds. The van der Waals surface area contributed by atoms with E-state index in [9.17, 15) is 4.79 Å². The first-order valence-electron chi connectivity index (χ1n) is 9.35. The molecular formula is C23H23N3O. The van der Waals surface area contributed by atoms with Gasteiger partial charge in [0.25, 0.3) is 0 Å². The molecule has 0 aliphatic carbocycles. The van der Waals surface area contributed by atoms with Crippen molar-refractivity contribution >= 4 is 28.1 Å². The van der Waals surface area contributed by atoms with Gasteiger partial charge in [0.15, 0.2) is 0 Å². The highest BCUT2D eigenvalue weighted by atomic mass is 16.2. The first-order chi connectivity index (χ1) is 13.1. The second-order valence-corrected chi connectivity index (χ2v) is 6.92. The van der Waals surface area contributed by atoms with E-state index in [0.29, 0.717) is 6.54 Å². The molecule has 0 aliphatic heterocycles. The number of aromatic nitrogens is 2. The second kappa shape index (κ2) is 6.88. The molecule has 2 aromatic carbocycles. The van der Waals surface area contributed by atoms with Gasteiger partial charge in [0.2, 0.25) is 5.91 Å². The van der Waals surface area contributed by atoms with E-state index < -0.39 is 0 Å². The molecule has 0 aliphatic rings. The van der Waals surface area contributed by atoms with Crippen molar-refractivity contribution in [1.82, 2.24) is 9.38 Å². The largest absolute Gasteiger partial charge is 0.296 e. The van der Waals surface area contributed by atoms with Crippen molar-refractivity contribution < 1.29 is 4.79 Å². The molecule has 4 rings (SSSR count). The number of benzene rings is 2. The van der Waals surface area contributed by atoms with Gasteiger partial charge in [-0.15, -0.1) is 0 Å². The van der Waals surface area contributed by atoms with Crippen LogP contribution in [0.2, 0.25) is 0 Å². The molecule has 27 heavy (non-hydrogen) atoms. The number of hydrogen-bond acceptors (Lipinski definition) is 2. The number of fused-ring (bicyclic) bond motifs is 3. The Balaban J connectivity index is 2.09. The van der Waals surface area contributed by atoms with Crippen LogP contribution < -0.4 is 4.90 Å². The fourth-order valence-electron chi connectivity index (χ4n) is 3.64. The summed E-state index contributed by atoms with van der Waals surface area (Å²) in [6, 6.07) is 18.6. The molecule has 4 aromatic rings. The van der Waals surface area contributed by atoms with Crippen LogP contribution in [0.25, 0.3) is 27.7 Å². The maximum atomic E-state index is 12.5. The van der Waals surface area contributed by atoms with Crippen molar-refractivity contribution in [3.8, 4) is 11.3 Å². The average Bonchev–Trinajstić information content (AvgIpc) is 3.05. The van der Waals surface area contributed by atoms with Crippen molar-refractivity contribution in [2.75, 3.05) is 11.4 Å². The summed E-state index contributed by atoms with van der Waals surface area (Å²) in [5.74, 6) is 0.872. The SMILES string of the molecule is CCCN(C(C)=O)c1c(-c2cccc(C)c2)nc2c3ccccc3ccn12. The number of hydrogen-bond donors (Lipinski definition) is 0. The van der Waals surface area contributed by atoms with Crippen LogP contribution in [0.1, 0.15) is 25.8 Å². The van der Waals surface area contributed by atoms with Gasteiger partial charge >= 0.3 is 0 Å². The van der Waals surface area contributed by atoms with Crippen LogP contribution in [0, 0.1) is 6.92 Å². The Kier molecular flexibility index (Phi) is 4.40. The second-order valence-electron chi connectivity index (χ2n) is 6.92. The highest BCUT2D eigenvalue weighted by Gasteiger charge is 2.23. The lowest BCUT2D eigenvalue weighted by Crippen LogP contribution is -2.30. The molecule has 2 heterocycles. The van der Waals surface area contributed by atoms with Crippen LogP contribution >= 0.6 is 0 Å². The number of carbonyl (C=O) groups is 1. The predicted molar refractivity (Wildman–Crippen MR) is 111 cm³/mol. The predicted octanol–water partition coefficient (Wildman–Crippen LogP) is 5.23. The van der Waals surface area contributed by atoms with Crippen LogP contribution in [-0.4, -0.2) is 21.8 Å². The first-order valence-corrected chi connectivity index (χ1v) is 9.35. The third kappa shape index (κ3) is 2.97. The van der Waals surface area contributed by atoms with Gasteiger partial charge in [-0.1, -0.05) is 55.0 Å². The monoisotopic (exact) mass is 357 g/mol. The Labute approximate surface area is 159 Å². The summed E-state index contributed by atoms with van der Waals surface area (Å²) in [6.45, 7) is 6.44. The zero-order valence-electron chi connectivity index (χ0n) is 15.9. The molecule has 0 spiro atoms. The number of aryl methyl sites for hydroxylation is 1. The van der Waals surface area contributed by atoms with E-state index in [1.807, 2.05) is 29.3 Å². The van der Waals surface area contributed by atoms with E-state index in [1.54, 1.807) is 6.92 Å². The maximum absolute atomic E-state index is 12.5. The molecule has 0 saturated carbocycles. The molecule has 0 unspecified atom stereocenters. The lowest BCUT2D eigenvalue weighted by atomic mass is 10.1. The Morgan fingerprint density at radius 1 is 1.11 bits per heavy atom. The molecule has 4 nitrogen and oxygen atoms in total. The van der Waals surface area contributed by atoms with Gasteiger partial charge in [0, 0.05) is 30.6 Å². The molecule has 2 aromatic heterocycles. The van der Waals surface area contributed by atoms with E-state index in [0.717, 1.165) is 39.9 Å². The third-order valence-corrected chi connectivity index (χ3v) is 4.87. The Bertz CT molecular complexity index is 1140. The Hall–Kier alpha value is -3.14. The summed E-state index contributed by atoms with van der Waals surface area (Å²) >= 11 is 0. The van der Waals surface area contributed by atoms with E-state index >= 15 is 0 Å². The quantitative estimate of drug-likeness (QED) is 0.502. The molecule has 0 saturated heterocycles. The van der Waals surface area contributed by atoms with Crippen LogP contribution in [0.15, 0.2) is 60.8 Å². The number of anilines is 1. The molecule has 0 bridgehead atoms. The summed E-state index contributed by atoms with van der Waals surface area (Å²) in [6.07, 6.45) is 2.90. The summed E-state index contributed by atoms with van der Waals surface area (Å²) in [7, 11) is 0. The highest BCUT2D eigenvalue weighted by Crippen LogP contribution is 2.34. The molecule has 0 N–H and O–H groups in total. The number of pyridine rings is 1. The zero-order chi connectivity index (χ0) is 19.0. The van der Waals surface area contributed by atoms with E-state index in [2.05, 4.69) is 54.6 Å². The van der Waals surface area contributed by atoms with Gasteiger partial charge in [0.1, 0.15) is 17.2 Å². The molecule has 4 heteroatoms. The summed E-state index contributed by atoms with van der Waals surface area (Å²) < 4.78 is 2.05. The number of amides is 1. The minimum atomic E-state index is 0.0284. The molecule has 0 fully saturated rings. The van der Waals surface area contributed by atoms with E-state index in [-0.39, 0.29) is 5.91 Å². The van der Waals surface area contributed by atoms with Gasteiger partial charge in [-0.2, -0.15) is 0 Å². The van der Waals surface area contributed by atoms with Crippen molar-refractivity contribution in [3.63, 3.8) is 0 Å². The minimum Gasteiger partial charge on any atom is -0.296 e. The van der Waals surface area contributed by atoms with Crippen molar-refractivity contribution in [2.45, 2.75) is 27.2 Å². The fraction of sp³-hybridized carbons (Fsp3) is 0.217. The minimum absolute atomic E-state index is 0.0284. The third-order valence-electron chi connectivity index (χ3n) is 4.87. The van der Waals surface area contributed by atoms with Crippen LogP contribution in [0.5, 0.6) is 0 Å². The number of imidazole rings is 1. The van der Waals surface area contributed by atoms with Crippen molar-refractivity contribution in [3.05, 3.63) is 66.4 Å². The summed E-state index contributed by atoms with van der Waals surface area (Å²) in [5.41, 5.74) is 3.92. The summed E-state index contributed by atoms with van der Waals surface area (Å²) in [5, 5.41) is 2.22. The van der Waals surface area contributed by atoms with Gasteiger partial charge < -0.3 is 0 Å². The maximum Gasteiger partial charge on any atom is 0.225 e. The van der Waals surface area contributed by atoms with Crippen LogP contribution in [0.4, 0.5) is 5.82 Å². The van der Waals surface area contributed by atoms with E-state index in [4.69, 9.17) is 4.98 Å². The van der Waals surface area contributed by atoms with Crippen LogP contribution in [-0.2, 0) is 4.79 Å². The molecule has 0 atom stereocenters. The van der Waals surface area contributed by atoms with Gasteiger partial charge in [0.05, 0.1) is 0 Å². The van der Waals surface area contributed by atoms with Gasteiger partial charge in [-0.3, -0.25) is 14.1 Å². The smallest absolute Gasteiger partial charge is 0.225 e. The normalized spacial score (nSPS) is 11.2. The molecule has 0 radical (unpaired) electrons. The van der Waals surface area contributed by atoms with E-state index in [1.165, 1.54) is 5.56 Å². The lowest BCUT2D eigenvalue weighted by molar-refractivity contribution is -0.116. The van der Waals surface area contributed by atoms with Gasteiger partial charge in [-0.25, -0.2) is 4.98 Å². The zero-order valence-corrected chi connectivity index (χ0v) is 15.9. The first kappa shape index (κ1) is 17.3. The Morgan fingerprint density at radius 3 is 2.67 bits per heavy atom. The van der Waals surface area contributed by atoms with Crippen molar-refractivity contribution in [1.29, 1.82) is 0 Å². The summed E-state index contributed by atoms with van der Waals surface area (Å²) in [4.78, 5) is 19.3. The highest BCUT2D eigenvalue weighted by molar-refractivity contribution is 6.00.